The van der Waals surface area contributed by atoms with Gasteiger partial charge in [0.15, 0.2) is 0 Å². The minimum absolute atomic E-state index is 0.635. The van der Waals surface area contributed by atoms with Gasteiger partial charge in [-0.05, 0) is 0 Å². The molecule has 132 valence electrons. The van der Waals surface area contributed by atoms with Gasteiger partial charge in [0.1, 0.15) is 0 Å². The maximum absolute atomic E-state index is 2.51. The van der Waals surface area contributed by atoms with Crippen molar-refractivity contribution in [2.75, 3.05) is 0 Å². The van der Waals surface area contributed by atoms with Crippen molar-refractivity contribution in [1.82, 2.24) is 0 Å². The first-order valence-electron chi connectivity index (χ1n) is 9.78. The van der Waals surface area contributed by atoms with E-state index in [2.05, 4.69) is 95.3 Å². The predicted octanol–water partition coefficient (Wildman–Crippen LogP) is 5.74. The zero-order valence-corrected chi connectivity index (χ0v) is 20.2. The number of hydrogen-bond donors (Lipinski definition) is 0. The SMILES string of the molecule is CC(C)C1=Cc2ccccc2[CH]1[Zr](=[SiH2])[CH]1C(C(C)C)=Cc2ccccc21. The van der Waals surface area contributed by atoms with Crippen molar-refractivity contribution in [3.05, 3.63) is 81.9 Å². The molecule has 0 radical (unpaired) electrons. The normalized spacial score (nSPS) is 20.8. The summed E-state index contributed by atoms with van der Waals surface area (Å²) in [5.74, 6) is 1.27. The molecule has 2 aromatic carbocycles. The molecule has 2 aromatic rings. The van der Waals surface area contributed by atoms with Crippen LogP contribution in [0.15, 0.2) is 59.7 Å². The van der Waals surface area contributed by atoms with Crippen LogP contribution in [0.2, 0.25) is 0 Å². The number of rotatable bonds is 4. The molecule has 2 atom stereocenters. The summed E-state index contributed by atoms with van der Waals surface area (Å²) >= 11 is -1.83. The number of benzene rings is 2. The number of hydrogen-bond acceptors (Lipinski definition) is 0. The summed E-state index contributed by atoms with van der Waals surface area (Å²) in [6.45, 7) is 11.9. The van der Waals surface area contributed by atoms with Gasteiger partial charge in [-0.25, -0.2) is 0 Å². The van der Waals surface area contributed by atoms with Crippen LogP contribution in [-0.4, -0.2) is 6.88 Å². The van der Waals surface area contributed by atoms with Crippen molar-refractivity contribution in [3.8, 4) is 0 Å². The van der Waals surface area contributed by atoms with Gasteiger partial charge in [0.05, 0.1) is 0 Å². The number of allylic oxidation sites excluding steroid dienone is 2. The Morgan fingerprint density at radius 1 is 0.692 bits per heavy atom. The quantitative estimate of drug-likeness (QED) is 0.537. The van der Waals surface area contributed by atoms with E-state index in [1.807, 2.05) is 0 Å². The molecule has 0 bridgehead atoms. The first-order chi connectivity index (χ1) is 12.5. The molecule has 0 nitrogen and oxygen atoms in total. The molecule has 0 spiro atoms. The van der Waals surface area contributed by atoms with Crippen molar-refractivity contribution in [2.45, 2.75) is 34.9 Å². The van der Waals surface area contributed by atoms with Gasteiger partial charge in [-0.2, -0.15) is 0 Å². The topological polar surface area (TPSA) is 0 Å². The summed E-state index contributed by atoms with van der Waals surface area (Å²) in [5, 5.41) is 0. The maximum atomic E-state index is 2.51. The van der Waals surface area contributed by atoms with Crippen molar-refractivity contribution in [3.63, 3.8) is 0 Å². The zero-order chi connectivity index (χ0) is 18.4. The average Bonchev–Trinajstić information content (AvgIpc) is 3.20. The van der Waals surface area contributed by atoms with E-state index in [0.29, 0.717) is 11.8 Å². The molecular weight excluding hydrogens is 408 g/mol. The molecule has 0 saturated carbocycles. The Morgan fingerprint density at radius 3 is 1.46 bits per heavy atom. The van der Waals surface area contributed by atoms with Gasteiger partial charge in [0.2, 0.25) is 0 Å². The molecule has 2 heteroatoms. The molecule has 26 heavy (non-hydrogen) atoms. The molecule has 0 amide bonds. The van der Waals surface area contributed by atoms with Crippen LogP contribution in [0.25, 0.3) is 12.2 Å². The van der Waals surface area contributed by atoms with Crippen LogP contribution in [0, 0.1) is 11.8 Å². The molecule has 2 unspecified atom stereocenters. The van der Waals surface area contributed by atoms with Gasteiger partial charge in [0, 0.05) is 0 Å². The monoisotopic (exact) mass is 434 g/mol. The van der Waals surface area contributed by atoms with Gasteiger partial charge < -0.3 is 0 Å². The summed E-state index contributed by atoms with van der Waals surface area (Å²) in [7, 11) is 0. The van der Waals surface area contributed by atoms with Crippen LogP contribution in [0.1, 0.15) is 57.2 Å². The fourth-order valence-electron chi connectivity index (χ4n) is 4.69. The first kappa shape index (κ1) is 18.4. The molecule has 0 saturated heterocycles. The predicted molar refractivity (Wildman–Crippen MR) is 113 cm³/mol. The van der Waals surface area contributed by atoms with E-state index < -0.39 is 20.4 Å². The Morgan fingerprint density at radius 2 is 1.08 bits per heavy atom. The van der Waals surface area contributed by atoms with E-state index >= 15 is 0 Å². The summed E-state index contributed by atoms with van der Waals surface area (Å²) in [6.07, 6.45) is 5.03. The molecular formula is C24H28SiZr. The Labute approximate surface area is 167 Å². The van der Waals surface area contributed by atoms with Crippen molar-refractivity contribution in [2.24, 2.45) is 11.8 Å². The zero-order valence-electron chi connectivity index (χ0n) is 16.3. The van der Waals surface area contributed by atoms with Gasteiger partial charge in [-0.1, -0.05) is 0 Å². The van der Waals surface area contributed by atoms with Crippen molar-refractivity contribution in [1.29, 1.82) is 0 Å². The Balaban J connectivity index is 1.82. The minimum atomic E-state index is -1.83. The van der Waals surface area contributed by atoms with Crippen molar-refractivity contribution < 1.29 is 20.4 Å². The van der Waals surface area contributed by atoms with E-state index in [9.17, 15) is 0 Å². The van der Waals surface area contributed by atoms with Gasteiger partial charge in [-0.3, -0.25) is 0 Å². The average molecular weight is 436 g/mol. The molecule has 0 aromatic heterocycles. The molecule has 0 fully saturated rings. The molecule has 0 heterocycles. The summed E-state index contributed by atoms with van der Waals surface area (Å²) < 4.78 is 1.45. The van der Waals surface area contributed by atoms with E-state index in [1.165, 1.54) is 11.1 Å². The molecule has 0 aliphatic heterocycles. The molecule has 0 N–H and O–H groups in total. The van der Waals surface area contributed by atoms with E-state index in [1.54, 1.807) is 22.3 Å². The van der Waals surface area contributed by atoms with Crippen LogP contribution in [0.3, 0.4) is 0 Å². The van der Waals surface area contributed by atoms with Crippen LogP contribution in [0.5, 0.6) is 0 Å². The van der Waals surface area contributed by atoms with Crippen LogP contribution < -0.4 is 0 Å². The third-order valence-corrected chi connectivity index (χ3v) is 17.6. The first-order valence-corrected chi connectivity index (χ1v) is 18.5. The van der Waals surface area contributed by atoms with Gasteiger partial charge >= 0.3 is 168 Å². The van der Waals surface area contributed by atoms with Crippen LogP contribution >= 0.6 is 0 Å². The van der Waals surface area contributed by atoms with Gasteiger partial charge in [-0.15, -0.1) is 0 Å². The second-order valence-corrected chi connectivity index (χ2v) is 18.8. The molecule has 4 rings (SSSR count). The molecule has 2 aliphatic rings. The van der Waals surface area contributed by atoms with Gasteiger partial charge in [0.25, 0.3) is 0 Å². The van der Waals surface area contributed by atoms with E-state index in [0.717, 1.165) is 7.25 Å². The summed E-state index contributed by atoms with van der Waals surface area (Å²) in [6, 6.07) is 18.3. The van der Waals surface area contributed by atoms with Crippen molar-refractivity contribution >= 4 is 19.0 Å². The Hall–Kier alpha value is -0.980. The Kier molecular flexibility index (Phi) is 5.10. The second-order valence-electron chi connectivity index (χ2n) is 8.30. The van der Waals surface area contributed by atoms with Crippen LogP contribution in [0.4, 0.5) is 0 Å². The standard InChI is InChI=1S/2C12H13.H2Si.Zr/c2*1-9(2)12-7-10-5-3-4-6-11(10)8-12;;/h2*3-9H,1-2H3;1H2;. The fourth-order valence-corrected chi connectivity index (χ4v) is 18.3. The second kappa shape index (κ2) is 7.21. The fraction of sp³-hybridized carbons (Fsp3) is 0.333. The van der Waals surface area contributed by atoms with E-state index in [-0.39, 0.29) is 0 Å². The van der Waals surface area contributed by atoms with E-state index in [4.69, 9.17) is 0 Å². The summed E-state index contributed by atoms with van der Waals surface area (Å²) in [5.41, 5.74) is 9.59. The Bertz CT molecular complexity index is 857. The van der Waals surface area contributed by atoms with Crippen LogP contribution in [-0.2, 0) is 20.4 Å². The third-order valence-electron chi connectivity index (χ3n) is 6.00. The molecule has 2 aliphatic carbocycles. The summed E-state index contributed by atoms with van der Waals surface area (Å²) in [4.78, 5) is 0. The number of fused-ring (bicyclic) bond motifs is 2. The third kappa shape index (κ3) is 3.00.